The molecule has 44 nitrogen and oxygen atoms in total. The number of hydrogen-bond donors (Lipinski definition) is 2. The number of esters is 16. The highest BCUT2D eigenvalue weighted by atomic mass is 16.8. The smallest absolute Gasteiger partial charge is 0.303 e. The number of aromatic nitrogens is 4. The standard InChI is InChI=1S/C100H102N4O40/c1-45(105)121-41-77-85(125-49(5)109)89(129-53(9)113)93(133-57(13)117)97(141-77)137-65-25-17-21-61(37-65)81-69-29-31-71(101-69)82(62-22-18-26-66(38-62)138-98-94(134-58(14)118)90(130-54(10)114)86(126-50(6)110)78(142-98)42-122-46(2)106)73-33-35-75(103-73)84(64-24-20-28-68(40-64)140-100-96(136-60(16)120)92(132-56(12)116)88(128-52(8)112)80(144-100)44-124-48(4)108)76-36-34-74(104-76)83(72-32-30-70(81)102-72)63-23-19-27-67(39-63)139-99-95(135-59(15)119)91(131-55(11)115)87(127-51(7)111)79(143-99)43-123-47(3)107/h17-40,77-80,85-101,104H,41-44H2,1-16H3/t77-,78?,79?,80?,85-,86-,87-,88-,89?,90?,91?,92?,93-,94+,95+,96+,97?,98-,99-,100-/m1/s1. The lowest BCUT2D eigenvalue weighted by molar-refractivity contribution is -0.288. The van der Waals surface area contributed by atoms with Crippen LogP contribution in [0, 0.1) is 0 Å². The molecule has 0 spiro atoms. The molecule has 44 heteroatoms. The lowest BCUT2D eigenvalue weighted by atomic mass is 9.98. The molecular weight excluding hydrogens is 1900 g/mol. The van der Waals surface area contributed by atoms with Crippen LogP contribution >= 0.6 is 0 Å². The summed E-state index contributed by atoms with van der Waals surface area (Å²) in [5.74, 6) is -14.1. The Labute approximate surface area is 820 Å². The number of carbonyl (C=O) groups is 16. The van der Waals surface area contributed by atoms with E-state index < -0.39 is 245 Å². The zero-order valence-corrected chi connectivity index (χ0v) is 80.5. The van der Waals surface area contributed by atoms with Crippen LogP contribution in [0.4, 0.5) is 0 Å². The average Bonchev–Trinajstić information content (AvgIpc) is 1.62. The summed E-state index contributed by atoms with van der Waals surface area (Å²) in [6, 6.07) is 32.4. The van der Waals surface area contributed by atoms with Crippen LogP contribution in [0.3, 0.4) is 0 Å². The van der Waals surface area contributed by atoms with Crippen LogP contribution in [0.25, 0.3) is 90.9 Å². The van der Waals surface area contributed by atoms with Crippen molar-refractivity contribution >= 4 is 142 Å². The Morgan fingerprint density at radius 2 is 0.403 bits per heavy atom. The maximum atomic E-state index is 13.2. The molecule has 144 heavy (non-hydrogen) atoms. The summed E-state index contributed by atoms with van der Waals surface area (Å²) < 4.78 is 143. The number of rotatable bonds is 32. The first-order chi connectivity index (χ1) is 68.5. The monoisotopic (exact) mass is 2000 g/mol. The minimum Gasteiger partial charge on any atom is -0.463 e. The van der Waals surface area contributed by atoms with E-state index in [1.165, 1.54) is 24.3 Å². The highest BCUT2D eigenvalue weighted by molar-refractivity contribution is 6.00. The third-order valence-electron chi connectivity index (χ3n) is 22.0. The molecule has 8 unspecified atom stereocenters. The van der Waals surface area contributed by atoms with Crippen LogP contribution in [0.1, 0.15) is 134 Å². The van der Waals surface area contributed by atoms with E-state index in [0.717, 1.165) is 111 Å². The molecule has 762 valence electrons. The Balaban J connectivity index is 1.08. The topological polar surface area (TPSA) is 552 Å². The first kappa shape index (κ1) is 105. The van der Waals surface area contributed by atoms with E-state index in [1.807, 2.05) is 0 Å². The number of aromatic amines is 2. The Morgan fingerprint density at radius 3 is 0.576 bits per heavy atom. The summed E-state index contributed by atoms with van der Waals surface area (Å²) in [6.45, 7) is 14.8. The van der Waals surface area contributed by atoms with Crippen molar-refractivity contribution in [2.24, 2.45) is 0 Å². The van der Waals surface area contributed by atoms with Crippen LogP contribution in [0.15, 0.2) is 121 Å². The number of carbonyl (C=O) groups excluding carboxylic acids is 16. The van der Waals surface area contributed by atoms with E-state index in [1.54, 1.807) is 121 Å². The number of hydrogen-bond acceptors (Lipinski definition) is 42. The Hall–Kier alpha value is -16.0. The summed E-state index contributed by atoms with van der Waals surface area (Å²) >= 11 is 0. The van der Waals surface area contributed by atoms with Crippen molar-refractivity contribution in [3.63, 3.8) is 0 Å². The summed E-state index contributed by atoms with van der Waals surface area (Å²) in [7, 11) is 0. The lowest BCUT2D eigenvalue weighted by Gasteiger charge is -2.43. The van der Waals surface area contributed by atoms with E-state index >= 15 is 0 Å². The first-order valence-corrected chi connectivity index (χ1v) is 44.9. The van der Waals surface area contributed by atoms with Crippen molar-refractivity contribution in [1.82, 2.24) is 19.9 Å². The van der Waals surface area contributed by atoms with Crippen molar-refractivity contribution in [1.29, 1.82) is 0 Å². The SMILES string of the molecule is CC(=O)OCC1O[C@@H](Oc2cccc(-c3c4nc(c(-c5cccc(O[C@@H]6OC(COC(C)=O)[C@@H](OC(C)=O)C(OC(C)=O)[C@@H]6OC(C)=O)c5)c5ccc([nH]5)c(-c5cccc(O[C@@H]6OC(COC(C)=O)[C@@H](OC(C)=O)C(OC(C)=O)[C@@H]6OC(C)=O)c5)c5nc(c(-c6cccc(OC7O[C@H](COC(C)=O)[C@@H](OC(C)=O)C(OC(C)=O)[C@H]7OC(C)=O)c6)c6ccc3[nH]6)C=C5)C=C4)c2)[C@@H](OC(C)=O)C(OC(C)=O)[C@@H]1OC(C)=O. The van der Waals surface area contributed by atoms with Gasteiger partial charge in [-0.25, -0.2) is 9.97 Å². The fourth-order valence-corrected chi connectivity index (χ4v) is 17.0. The molecule has 0 aliphatic carbocycles. The third kappa shape index (κ3) is 26.6. The molecule has 0 saturated carbocycles. The fraction of sp³-hybridized carbons (Fsp3) is 0.400. The van der Waals surface area contributed by atoms with Gasteiger partial charge in [-0.1, -0.05) is 48.5 Å². The summed E-state index contributed by atoms with van der Waals surface area (Å²) in [6.07, 6.45) is -25.7. The second kappa shape index (κ2) is 46.6. The minimum absolute atomic E-state index is 0.0228. The van der Waals surface area contributed by atoms with Crippen LogP contribution < -0.4 is 18.9 Å². The molecule has 6 aliphatic heterocycles. The van der Waals surface area contributed by atoms with Gasteiger partial charge in [-0.15, -0.1) is 0 Å². The van der Waals surface area contributed by atoms with Gasteiger partial charge in [0.2, 0.25) is 49.6 Å². The van der Waals surface area contributed by atoms with Gasteiger partial charge in [-0.3, -0.25) is 76.7 Å². The van der Waals surface area contributed by atoms with E-state index in [9.17, 15) is 76.7 Å². The maximum absolute atomic E-state index is 13.2. The second-order valence-electron chi connectivity index (χ2n) is 33.4. The molecule has 13 rings (SSSR count). The summed E-state index contributed by atoms with van der Waals surface area (Å²) in [5.41, 5.74) is 4.49. The van der Waals surface area contributed by atoms with Crippen LogP contribution in [0.2, 0.25) is 0 Å². The highest BCUT2D eigenvalue weighted by Gasteiger charge is 2.58. The predicted octanol–water partition coefficient (Wildman–Crippen LogP) is 9.17. The van der Waals surface area contributed by atoms with Gasteiger partial charge >= 0.3 is 95.5 Å². The normalized spacial score (nSPS) is 23.9. The molecule has 9 heterocycles. The molecule has 3 aromatic heterocycles. The third-order valence-corrected chi connectivity index (χ3v) is 22.0. The number of fused-ring (bicyclic) bond motifs is 8. The molecule has 4 fully saturated rings. The van der Waals surface area contributed by atoms with E-state index in [2.05, 4.69) is 9.97 Å². The van der Waals surface area contributed by atoms with E-state index in [4.69, 9.17) is 124 Å². The zero-order chi connectivity index (χ0) is 104. The summed E-state index contributed by atoms with van der Waals surface area (Å²) in [5, 5.41) is 0. The number of nitrogens with one attached hydrogen (secondary N) is 2. The highest BCUT2D eigenvalue weighted by Crippen LogP contribution is 2.45. The first-order valence-electron chi connectivity index (χ1n) is 44.9. The molecule has 6 aliphatic rings. The quantitative estimate of drug-likeness (QED) is 0.0293. The molecule has 0 amide bonds. The maximum Gasteiger partial charge on any atom is 0.303 e. The zero-order valence-electron chi connectivity index (χ0n) is 80.5. The van der Waals surface area contributed by atoms with Crippen molar-refractivity contribution in [2.45, 2.75) is 234 Å². The van der Waals surface area contributed by atoms with Crippen molar-refractivity contribution in [3.8, 4) is 67.5 Å². The van der Waals surface area contributed by atoms with Gasteiger partial charge in [0, 0.05) is 155 Å². The molecule has 8 bridgehead atoms. The van der Waals surface area contributed by atoms with E-state index in [0.29, 0.717) is 66.6 Å². The summed E-state index contributed by atoms with van der Waals surface area (Å²) in [4.78, 5) is 225. The van der Waals surface area contributed by atoms with Crippen LogP contribution in [-0.4, -0.2) is 265 Å². The predicted molar refractivity (Wildman–Crippen MR) is 491 cm³/mol. The van der Waals surface area contributed by atoms with Gasteiger partial charge in [0.15, 0.2) is 48.8 Å². The van der Waals surface area contributed by atoms with Gasteiger partial charge in [-0.05, 0) is 119 Å². The number of ether oxygens (including phenoxy) is 24. The largest absolute Gasteiger partial charge is 0.463 e. The number of H-pyrrole nitrogens is 2. The second-order valence-corrected chi connectivity index (χ2v) is 33.4. The molecule has 4 saturated heterocycles. The molecule has 4 aromatic carbocycles. The van der Waals surface area contributed by atoms with Crippen molar-refractivity contribution < 1.29 is 190 Å². The van der Waals surface area contributed by atoms with Gasteiger partial charge in [-0.2, -0.15) is 0 Å². The number of benzene rings is 4. The Morgan fingerprint density at radius 1 is 0.229 bits per heavy atom. The molecule has 7 aromatic rings. The number of nitrogens with zero attached hydrogens (tertiary/aromatic N) is 2. The van der Waals surface area contributed by atoms with Gasteiger partial charge < -0.3 is 124 Å². The molecule has 2 N–H and O–H groups in total. The fourth-order valence-electron chi connectivity index (χ4n) is 17.0. The van der Waals surface area contributed by atoms with Gasteiger partial charge in [0.05, 0.1) is 22.8 Å². The Kier molecular flexibility index (Phi) is 34.1. The average molecular weight is 2000 g/mol. The lowest BCUT2D eigenvalue weighted by Crippen LogP contribution is -2.63. The van der Waals surface area contributed by atoms with E-state index in [-0.39, 0.29) is 45.8 Å². The molecule has 0 radical (unpaired) electrons. The van der Waals surface area contributed by atoms with Crippen molar-refractivity contribution in [2.75, 3.05) is 26.4 Å². The van der Waals surface area contributed by atoms with Gasteiger partial charge in [0.25, 0.3) is 0 Å². The molecule has 20 atom stereocenters. The van der Waals surface area contributed by atoms with Gasteiger partial charge in [0.1, 0.15) is 73.8 Å². The van der Waals surface area contributed by atoms with Crippen molar-refractivity contribution in [3.05, 3.63) is 144 Å². The van der Waals surface area contributed by atoms with Crippen LogP contribution in [-0.2, 0) is 171 Å². The Bertz CT molecular complexity index is 5630. The molecular formula is C100H102N4O40. The van der Waals surface area contributed by atoms with Crippen LogP contribution in [0.5, 0.6) is 23.0 Å². The minimum atomic E-state index is -1.75.